The quantitative estimate of drug-likeness (QED) is 0.831. The van der Waals surface area contributed by atoms with E-state index in [1.807, 2.05) is 4.68 Å². The Hall–Kier alpha value is -1.47. The van der Waals surface area contributed by atoms with Gasteiger partial charge in [-0.05, 0) is 38.8 Å². The smallest absolute Gasteiger partial charge is 0.234 e. The first kappa shape index (κ1) is 17.4. The van der Waals surface area contributed by atoms with Crippen molar-refractivity contribution in [3.8, 4) is 0 Å². The SMILES string of the molecule is CCN1CCC(NC(=O)CN2CCCC[C@H]2Cn2cncn2)CC1. The predicted octanol–water partition coefficient (Wildman–Crippen LogP) is 0.733. The summed E-state index contributed by atoms with van der Waals surface area (Å²) in [7, 11) is 0. The molecule has 2 saturated heterocycles. The molecule has 7 heteroatoms. The van der Waals surface area contributed by atoms with Gasteiger partial charge in [0, 0.05) is 25.2 Å². The van der Waals surface area contributed by atoms with Crippen molar-refractivity contribution in [2.24, 2.45) is 0 Å². The van der Waals surface area contributed by atoms with Crippen LogP contribution in [0.25, 0.3) is 0 Å². The zero-order valence-electron chi connectivity index (χ0n) is 14.7. The van der Waals surface area contributed by atoms with Crippen molar-refractivity contribution in [1.29, 1.82) is 0 Å². The molecule has 1 aromatic heterocycles. The van der Waals surface area contributed by atoms with Gasteiger partial charge < -0.3 is 10.2 Å². The highest BCUT2D eigenvalue weighted by Crippen LogP contribution is 2.18. The van der Waals surface area contributed by atoms with Crippen molar-refractivity contribution in [3.05, 3.63) is 12.7 Å². The summed E-state index contributed by atoms with van der Waals surface area (Å²) in [6, 6.07) is 0.729. The van der Waals surface area contributed by atoms with Gasteiger partial charge in [0.2, 0.25) is 5.91 Å². The van der Waals surface area contributed by atoms with Crippen molar-refractivity contribution in [2.45, 2.75) is 57.7 Å². The number of nitrogens with one attached hydrogen (secondary N) is 1. The van der Waals surface area contributed by atoms with Crippen LogP contribution in [0.2, 0.25) is 0 Å². The van der Waals surface area contributed by atoms with E-state index in [9.17, 15) is 4.79 Å². The van der Waals surface area contributed by atoms with E-state index in [1.54, 1.807) is 12.7 Å². The summed E-state index contributed by atoms with van der Waals surface area (Å²) in [5.74, 6) is 0.176. The topological polar surface area (TPSA) is 66.3 Å². The Morgan fingerprint density at radius 3 is 2.75 bits per heavy atom. The molecule has 0 aliphatic carbocycles. The second kappa shape index (κ2) is 8.58. The predicted molar refractivity (Wildman–Crippen MR) is 92.5 cm³/mol. The molecule has 2 aliphatic heterocycles. The van der Waals surface area contributed by atoms with Gasteiger partial charge in [-0.2, -0.15) is 5.10 Å². The van der Waals surface area contributed by atoms with Crippen LogP contribution in [-0.4, -0.2) is 75.3 Å². The highest BCUT2D eigenvalue weighted by molar-refractivity contribution is 5.78. The Labute approximate surface area is 144 Å². The molecule has 24 heavy (non-hydrogen) atoms. The third-order valence-corrected chi connectivity index (χ3v) is 5.36. The molecule has 7 nitrogen and oxygen atoms in total. The summed E-state index contributed by atoms with van der Waals surface area (Å²) in [5, 5.41) is 7.45. The standard InChI is InChI=1S/C17H30N6O/c1-2-21-9-6-15(7-10-21)20-17(24)12-22-8-4-3-5-16(22)11-23-14-18-13-19-23/h13-16H,2-12H2,1H3,(H,20,24)/t16-/m0/s1. The molecule has 2 aliphatic rings. The van der Waals surface area contributed by atoms with E-state index >= 15 is 0 Å². The molecular formula is C17H30N6O. The van der Waals surface area contributed by atoms with Crippen molar-refractivity contribution in [2.75, 3.05) is 32.7 Å². The Morgan fingerprint density at radius 1 is 1.21 bits per heavy atom. The minimum Gasteiger partial charge on any atom is -0.352 e. The molecule has 2 fully saturated rings. The number of hydrogen-bond donors (Lipinski definition) is 1. The molecular weight excluding hydrogens is 304 g/mol. The van der Waals surface area contributed by atoms with Crippen LogP contribution >= 0.6 is 0 Å². The number of nitrogens with zero attached hydrogens (tertiary/aromatic N) is 5. The van der Waals surface area contributed by atoms with Crippen molar-refractivity contribution < 1.29 is 4.79 Å². The molecule has 3 heterocycles. The van der Waals surface area contributed by atoms with Crippen LogP contribution in [0, 0.1) is 0 Å². The Morgan fingerprint density at radius 2 is 2.04 bits per heavy atom. The van der Waals surface area contributed by atoms with E-state index < -0.39 is 0 Å². The monoisotopic (exact) mass is 334 g/mol. The molecule has 0 aromatic carbocycles. The Kier molecular flexibility index (Phi) is 6.20. The van der Waals surface area contributed by atoms with Crippen molar-refractivity contribution >= 4 is 5.91 Å². The molecule has 1 N–H and O–H groups in total. The second-order valence-electron chi connectivity index (χ2n) is 7.01. The van der Waals surface area contributed by atoms with Gasteiger partial charge in [0.05, 0.1) is 13.1 Å². The number of likely N-dealkylation sites (tertiary alicyclic amines) is 2. The fourth-order valence-corrected chi connectivity index (χ4v) is 3.87. The maximum Gasteiger partial charge on any atom is 0.234 e. The van der Waals surface area contributed by atoms with Gasteiger partial charge in [0.15, 0.2) is 0 Å². The molecule has 0 spiro atoms. The van der Waals surface area contributed by atoms with E-state index in [1.165, 1.54) is 12.8 Å². The van der Waals surface area contributed by atoms with E-state index in [2.05, 4.69) is 32.1 Å². The molecule has 3 rings (SSSR count). The molecule has 1 aromatic rings. The van der Waals surface area contributed by atoms with Crippen LogP contribution in [0.1, 0.15) is 39.0 Å². The minimum atomic E-state index is 0.176. The number of aromatic nitrogens is 3. The molecule has 134 valence electrons. The Balaban J connectivity index is 1.47. The zero-order chi connectivity index (χ0) is 16.8. The lowest BCUT2D eigenvalue weighted by molar-refractivity contribution is -0.124. The van der Waals surface area contributed by atoms with Crippen LogP contribution in [0.15, 0.2) is 12.7 Å². The van der Waals surface area contributed by atoms with Crippen LogP contribution in [0.3, 0.4) is 0 Å². The summed E-state index contributed by atoms with van der Waals surface area (Å²) < 4.78 is 1.88. The van der Waals surface area contributed by atoms with Gasteiger partial charge in [-0.1, -0.05) is 13.3 Å². The maximum absolute atomic E-state index is 12.5. The summed E-state index contributed by atoms with van der Waals surface area (Å²) >= 11 is 0. The average molecular weight is 334 g/mol. The van der Waals surface area contributed by atoms with E-state index in [0.717, 1.165) is 52.0 Å². The number of carbonyl (C=O) groups excluding carboxylic acids is 1. The normalized spacial score (nSPS) is 24.1. The van der Waals surface area contributed by atoms with Crippen molar-refractivity contribution in [1.82, 2.24) is 29.9 Å². The van der Waals surface area contributed by atoms with Crippen LogP contribution in [0.4, 0.5) is 0 Å². The fourth-order valence-electron chi connectivity index (χ4n) is 3.87. The van der Waals surface area contributed by atoms with Crippen molar-refractivity contribution in [3.63, 3.8) is 0 Å². The molecule has 0 unspecified atom stereocenters. The van der Waals surface area contributed by atoms with E-state index in [-0.39, 0.29) is 5.91 Å². The largest absolute Gasteiger partial charge is 0.352 e. The van der Waals surface area contributed by atoms with Gasteiger partial charge in [0.1, 0.15) is 12.7 Å². The summed E-state index contributed by atoms with van der Waals surface area (Å²) in [5.41, 5.74) is 0. The first-order valence-electron chi connectivity index (χ1n) is 9.32. The third-order valence-electron chi connectivity index (χ3n) is 5.36. The van der Waals surface area contributed by atoms with Crippen LogP contribution < -0.4 is 5.32 Å². The Bertz CT molecular complexity index is 497. The summed E-state index contributed by atoms with van der Waals surface area (Å²) in [6.45, 7) is 7.83. The van der Waals surface area contributed by atoms with Gasteiger partial charge >= 0.3 is 0 Å². The van der Waals surface area contributed by atoms with Crippen LogP contribution in [-0.2, 0) is 11.3 Å². The lowest BCUT2D eigenvalue weighted by Crippen LogP contribution is -2.50. The molecule has 0 bridgehead atoms. The number of hydrogen-bond acceptors (Lipinski definition) is 5. The second-order valence-corrected chi connectivity index (χ2v) is 7.01. The molecule has 1 amide bonds. The summed E-state index contributed by atoms with van der Waals surface area (Å²) in [4.78, 5) is 21.3. The number of piperidine rings is 2. The number of rotatable bonds is 6. The highest BCUT2D eigenvalue weighted by Gasteiger charge is 2.26. The van der Waals surface area contributed by atoms with E-state index in [0.29, 0.717) is 18.6 Å². The van der Waals surface area contributed by atoms with Gasteiger partial charge in [0.25, 0.3) is 0 Å². The fraction of sp³-hybridized carbons (Fsp3) is 0.824. The lowest BCUT2D eigenvalue weighted by atomic mass is 10.0. The average Bonchev–Trinajstić information content (AvgIpc) is 3.10. The third kappa shape index (κ3) is 4.77. The number of amides is 1. The molecule has 0 radical (unpaired) electrons. The maximum atomic E-state index is 12.5. The van der Waals surface area contributed by atoms with E-state index in [4.69, 9.17) is 0 Å². The molecule has 1 atom stereocenters. The van der Waals surface area contributed by atoms with Gasteiger partial charge in [-0.25, -0.2) is 4.98 Å². The zero-order valence-corrected chi connectivity index (χ0v) is 14.7. The summed E-state index contributed by atoms with van der Waals surface area (Å²) in [6.07, 6.45) is 9.01. The number of carbonyl (C=O) groups is 1. The lowest BCUT2D eigenvalue weighted by Gasteiger charge is -2.36. The first-order chi connectivity index (χ1) is 11.7. The molecule has 0 saturated carbocycles. The highest BCUT2D eigenvalue weighted by atomic mass is 16.2. The minimum absolute atomic E-state index is 0.176. The van der Waals surface area contributed by atoms with Gasteiger partial charge in [-0.3, -0.25) is 14.4 Å². The van der Waals surface area contributed by atoms with Gasteiger partial charge in [-0.15, -0.1) is 0 Å². The first-order valence-corrected chi connectivity index (χ1v) is 9.32. The van der Waals surface area contributed by atoms with Crippen LogP contribution in [0.5, 0.6) is 0 Å².